The van der Waals surface area contributed by atoms with E-state index < -0.39 is 11.4 Å². The van der Waals surface area contributed by atoms with Crippen LogP contribution in [0.3, 0.4) is 0 Å². The number of carbonyl (C=O) groups is 1. The van der Waals surface area contributed by atoms with Crippen LogP contribution in [0.15, 0.2) is 36.7 Å². The molecule has 0 radical (unpaired) electrons. The number of benzene rings is 1. The number of aromatic nitrogens is 2. The van der Waals surface area contributed by atoms with Crippen LogP contribution >= 0.6 is 0 Å². The first-order valence-corrected chi connectivity index (χ1v) is 8.71. The van der Waals surface area contributed by atoms with Crippen LogP contribution in [0.5, 0.6) is 0 Å². The molecule has 6 nitrogen and oxygen atoms in total. The first-order valence-electron chi connectivity index (χ1n) is 8.71. The molecule has 1 aromatic heterocycles. The van der Waals surface area contributed by atoms with Gasteiger partial charge < -0.3 is 15.3 Å². The summed E-state index contributed by atoms with van der Waals surface area (Å²) in [4.78, 5) is 22.5. The fourth-order valence-corrected chi connectivity index (χ4v) is 3.21. The van der Waals surface area contributed by atoms with Crippen LogP contribution in [0.1, 0.15) is 24.1 Å². The van der Waals surface area contributed by atoms with E-state index in [0.717, 1.165) is 24.5 Å². The first kappa shape index (κ1) is 18.3. The van der Waals surface area contributed by atoms with Gasteiger partial charge in [-0.1, -0.05) is 18.2 Å². The second kappa shape index (κ2) is 7.78. The number of anilines is 1. The van der Waals surface area contributed by atoms with Gasteiger partial charge in [0.1, 0.15) is 18.0 Å². The molecule has 1 atom stereocenters. The fourth-order valence-electron chi connectivity index (χ4n) is 3.21. The number of β-amino-alcohol motifs (C(OH)–C–C–N with tert-alkyl or cyclic N) is 1. The zero-order chi connectivity index (χ0) is 18.6. The van der Waals surface area contributed by atoms with Gasteiger partial charge in [0.2, 0.25) is 5.91 Å². The molecule has 1 unspecified atom stereocenters. The molecule has 2 N–H and O–H groups in total. The number of nitrogens with zero attached hydrogens (tertiary/aromatic N) is 3. The minimum Gasteiger partial charge on any atom is -0.386 e. The van der Waals surface area contributed by atoms with Crippen LogP contribution in [-0.4, -0.2) is 46.2 Å². The Labute approximate surface area is 152 Å². The first-order chi connectivity index (χ1) is 12.5. The highest BCUT2D eigenvalue weighted by Gasteiger charge is 2.34. The van der Waals surface area contributed by atoms with E-state index in [1.807, 2.05) is 17.9 Å². The van der Waals surface area contributed by atoms with Crippen LogP contribution in [-0.2, 0) is 11.2 Å². The quantitative estimate of drug-likeness (QED) is 0.849. The maximum absolute atomic E-state index is 13.6. The Morgan fingerprint density at radius 1 is 1.38 bits per heavy atom. The van der Waals surface area contributed by atoms with Crippen LogP contribution in [0.4, 0.5) is 10.2 Å². The van der Waals surface area contributed by atoms with Gasteiger partial charge >= 0.3 is 0 Å². The van der Waals surface area contributed by atoms with E-state index in [2.05, 4.69) is 15.3 Å². The lowest BCUT2D eigenvalue weighted by atomic mass is 9.92. The van der Waals surface area contributed by atoms with Gasteiger partial charge in [-0.15, -0.1) is 0 Å². The number of halogens is 1. The third kappa shape index (κ3) is 4.54. The molecule has 2 aromatic rings. The van der Waals surface area contributed by atoms with Gasteiger partial charge in [-0.25, -0.2) is 14.4 Å². The molecule has 0 spiro atoms. The molecule has 0 aliphatic carbocycles. The maximum atomic E-state index is 13.6. The molecular weight excluding hydrogens is 335 g/mol. The van der Waals surface area contributed by atoms with Crippen molar-refractivity contribution >= 4 is 11.7 Å². The molecule has 0 bridgehead atoms. The third-order valence-corrected chi connectivity index (χ3v) is 4.59. The summed E-state index contributed by atoms with van der Waals surface area (Å²) in [6, 6.07) is 8.08. The minimum absolute atomic E-state index is 0.0441. The van der Waals surface area contributed by atoms with Crippen molar-refractivity contribution in [3.8, 4) is 0 Å². The summed E-state index contributed by atoms with van der Waals surface area (Å²) in [6.45, 7) is 3.19. The molecule has 7 heteroatoms. The molecular formula is C19H23FN4O2. The predicted molar refractivity (Wildman–Crippen MR) is 96.3 cm³/mol. The van der Waals surface area contributed by atoms with Gasteiger partial charge in [-0.2, -0.15) is 0 Å². The predicted octanol–water partition coefficient (Wildman–Crippen LogP) is 1.61. The number of piperidine rings is 1. The van der Waals surface area contributed by atoms with Gasteiger partial charge in [0.05, 0.1) is 12.0 Å². The van der Waals surface area contributed by atoms with E-state index in [-0.39, 0.29) is 18.9 Å². The molecule has 2 heterocycles. The van der Waals surface area contributed by atoms with Gasteiger partial charge in [-0.05, 0) is 31.4 Å². The molecule has 1 aromatic carbocycles. The Hall–Kier alpha value is -2.54. The van der Waals surface area contributed by atoms with E-state index in [1.54, 1.807) is 18.2 Å². The zero-order valence-electron chi connectivity index (χ0n) is 14.8. The molecule has 138 valence electrons. The Bertz CT molecular complexity index is 786. The van der Waals surface area contributed by atoms with Gasteiger partial charge in [0.15, 0.2) is 0 Å². The molecule has 1 saturated heterocycles. The van der Waals surface area contributed by atoms with Crippen molar-refractivity contribution in [1.29, 1.82) is 0 Å². The lowest BCUT2D eigenvalue weighted by Crippen LogP contribution is -2.54. The summed E-state index contributed by atoms with van der Waals surface area (Å²) in [5.74, 6) is 0.0659. The summed E-state index contributed by atoms with van der Waals surface area (Å²) in [6.07, 6.45) is 2.85. The number of hydrogen-bond donors (Lipinski definition) is 2. The van der Waals surface area contributed by atoms with E-state index in [9.17, 15) is 14.3 Å². The van der Waals surface area contributed by atoms with Crippen molar-refractivity contribution in [2.75, 3.05) is 24.5 Å². The topological polar surface area (TPSA) is 78.4 Å². The minimum atomic E-state index is -1.04. The number of rotatable bonds is 5. The molecule has 26 heavy (non-hydrogen) atoms. The van der Waals surface area contributed by atoms with Gasteiger partial charge in [0.25, 0.3) is 0 Å². The normalized spacial score (nSPS) is 20.0. The van der Waals surface area contributed by atoms with Crippen molar-refractivity contribution in [3.63, 3.8) is 0 Å². The van der Waals surface area contributed by atoms with Crippen molar-refractivity contribution in [1.82, 2.24) is 15.3 Å². The average molecular weight is 358 g/mol. The van der Waals surface area contributed by atoms with Crippen LogP contribution in [0.2, 0.25) is 0 Å². The Kier molecular flexibility index (Phi) is 5.46. The molecule has 0 saturated carbocycles. The number of carbonyl (C=O) groups excluding carboxylic acids is 1. The number of aliphatic hydroxyl groups is 1. The summed E-state index contributed by atoms with van der Waals surface area (Å²) >= 11 is 0. The monoisotopic (exact) mass is 358 g/mol. The fraction of sp³-hybridized carbons (Fsp3) is 0.421. The average Bonchev–Trinajstić information content (AvgIpc) is 2.62. The SMILES string of the molecule is Cc1cc(N2CCCC(O)(CNC(=O)Cc3ccccc3F)C2)ncn1. The van der Waals surface area contributed by atoms with Crippen molar-refractivity contribution in [2.45, 2.75) is 31.8 Å². The molecule has 1 fully saturated rings. The zero-order valence-corrected chi connectivity index (χ0v) is 14.8. The summed E-state index contributed by atoms with van der Waals surface area (Å²) in [5, 5.41) is 13.6. The van der Waals surface area contributed by atoms with Crippen LogP contribution < -0.4 is 10.2 Å². The Balaban J connectivity index is 1.58. The number of amides is 1. The third-order valence-electron chi connectivity index (χ3n) is 4.59. The highest BCUT2D eigenvalue weighted by molar-refractivity contribution is 5.78. The van der Waals surface area contributed by atoms with Crippen LogP contribution in [0.25, 0.3) is 0 Å². The molecule has 3 rings (SSSR count). The summed E-state index contributed by atoms with van der Waals surface area (Å²) < 4.78 is 13.6. The molecule has 1 aliphatic heterocycles. The smallest absolute Gasteiger partial charge is 0.224 e. The second-order valence-corrected chi connectivity index (χ2v) is 6.81. The maximum Gasteiger partial charge on any atom is 0.224 e. The van der Waals surface area contributed by atoms with Gasteiger partial charge in [-0.3, -0.25) is 4.79 Å². The number of hydrogen-bond acceptors (Lipinski definition) is 5. The lowest BCUT2D eigenvalue weighted by Gasteiger charge is -2.39. The van der Waals surface area contributed by atoms with Crippen molar-refractivity contribution in [2.24, 2.45) is 0 Å². The van der Waals surface area contributed by atoms with Crippen molar-refractivity contribution < 1.29 is 14.3 Å². The van der Waals surface area contributed by atoms with E-state index in [4.69, 9.17) is 0 Å². The number of aryl methyl sites for hydroxylation is 1. The second-order valence-electron chi connectivity index (χ2n) is 6.81. The summed E-state index contributed by atoms with van der Waals surface area (Å²) in [5.41, 5.74) is 0.170. The number of nitrogens with one attached hydrogen (secondary N) is 1. The van der Waals surface area contributed by atoms with E-state index in [1.165, 1.54) is 12.4 Å². The lowest BCUT2D eigenvalue weighted by molar-refractivity contribution is -0.121. The van der Waals surface area contributed by atoms with Crippen LogP contribution in [0, 0.1) is 12.7 Å². The van der Waals surface area contributed by atoms with E-state index >= 15 is 0 Å². The van der Waals surface area contributed by atoms with Crippen molar-refractivity contribution in [3.05, 3.63) is 53.7 Å². The molecule has 1 aliphatic rings. The standard InChI is InChI=1S/C19H23FN4O2/c1-14-9-17(23-13-22-14)24-8-4-7-19(26,12-24)11-21-18(25)10-15-5-2-3-6-16(15)20/h2-3,5-6,9,13,26H,4,7-8,10-12H2,1H3,(H,21,25). The highest BCUT2D eigenvalue weighted by Crippen LogP contribution is 2.24. The van der Waals surface area contributed by atoms with Gasteiger partial charge in [0, 0.05) is 31.4 Å². The highest BCUT2D eigenvalue weighted by atomic mass is 19.1. The summed E-state index contributed by atoms with van der Waals surface area (Å²) in [7, 11) is 0. The largest absolute Gasteiger partial charge is 0.386 e. The van der Waals surface area contributed by atoms with E-state index in [0.29, 0.717) is 18.5 Å². The Morgan fingerprint density at radius 3 is 2.96 bits per heavy atom. The molecule has 1 amide bonds. The Morgan fingerprint density at radius 2 is 2.19 bits per heavy atom.